The van der Waals surface area contributed by atoms with E-state index in [2.05, 4.69) is 20.9 Å². The Kier molecular flexibility index (Phi) is 4.35. The van der Waals surface area contributed by atoms with Crippen LogP contribution < -0.4 is 0 Å². The number of carbonyl (C=O) groups is 1. The molecule has 0 aliphatic rings. The number of hydrogen-bond acceptors (Lipinski definition) is 5. The molecule has 0 aliphatic carbocycles. The van der Waals surface area contributed by atoms with Crippen LogP contribution in [0, 0.1) is 10.1 Å². The molecule has 0 unspecified atom stereocenters. The van der Waals surface area contributed by atoms with Crippen molar-refractivity contribution in [2.24, 2.45) is 0 Å². The van der Waals surface area contributed by atoms with E-state index in [1.165, 1.54) is 24.4 Å². The highest BCUT2D eigenvalue weighted by Gasteiger charge is 2.17. The lowest BCUT2D eigenvalue weighted by atomic mass is 10.2. The largest absolute Gasteiger partial charge is 0.478 e. The molecule has 8 heteroatoms. The number of nitrogens with zero attached hydrogens (tertiary/aromatic N) is 2. The fourth-order valence-electron chi connectivity index (χ4n) is 1.40. The van der Waals surface area contributed by atoms with Gasteiger partial charge in [-0.2, -0.15) is 0 Å². The lowest BCUT2D eigenvalue weighted by Gasteiger charge is -2.03. The van der Waals surface area contributed by atoms with Gasteiger partial charge in [0, 0.05) is 21.6 Å². The molecule has 1 heterocycles. The van der Waals surface area contributed by atoms with Crippen molar-refractivity contribution in [1.29, 1.82) is 0 Å². The lowest BCUT2D eigenvalue weighted by Crippen LogP contribution is -1.95. The third kappa shape index (κ3) is 3.34. The van der Waals surface area contributed by atoms with Gasteiger partial charge in [-0.25, -0.2) is 9.78 Å². The monoisotopic (exact) mass is 354 g/mol. The van der Waals surface area contributed by atoms with Crippen LogP contribution in [0.4, 0.5) is 5.69 Å². The van der Waals surface area contributed by atoms with Gasteiger partial charge < -0.3 is 5.11 Å². The standard InChI is InChI=1S/C12H7BrN2O4S/c13-8-5-10(15(18)19)11(14-6-8)20-9-3-1-7(2-4-9)12(16)17/h1-6H,(H,16,17). The van der Waals surface area contributed by atoms with Gasteiger partial charge in [-0.3, -0.25) is 10.1 Å². The van der Waals surface area contributed by atoms with Crippen LogP contribution in [0.1, 0.15) is 10.4 Å². The SMILES string of the molecule is O=C(O)c1ccc(Sc2ncc(Br)cc2[N+](=O)[O-])cc1. The molecule has 1 aromatic heterocycles. The van der Waals surface area contributed by atoms with Crippen LogP contribution in [0.15, 0.2) is 50.9 Å². The molecule has 0 radical (unpaired) electrons. The van der Waals surface area contributed by atoms with E-state index in [1.807, 2.05) is 0 Å². The molecule has 0 bridgehead atoms. The molecule has 0 spiro atoms. The number of aromatic nitrogens is 1. The topological polar surface area (TPSA) is 93.3 Å². The number of carboxylic acid groups (broad SMARTS) is 1. The first-order valence-electron chi connectivity index (χ1n) is 5.28. The van der Waals surface area contributed by atoms with E-state index >= 15 is 0 Å². The molecule has 1 N–H and O–H groups in total. The van der Waals surface area contributed by atoms with Crippen molar-refractivity contribution >= 4 is 39.3 Å². The van der Waals surface area contributed by atoms with Crippen molar-refractivity contribution in [2.45, 2.75) is 9.92 Å². The summed E-state index contributed by atoms with van der Waals surface area (Å²) in [5, 5.41) is 20.0. The van der Waals surface area contributed by atoms with E-state index in [9.17, 15) is 14.9 Å². The maximum atomic E-state index is 11.0. The molecule has 6 nitrogen and oxygen atoms in total. The van der Waals surface area contributed by atoms with E-state index in [0.717, 1.165) is 11.8 Å². The zero-order valence-electron chi connectivity index (χ0n) is 9.82. The van der Waals surface area contributed by atoms with Gasteiger partial charge in [0.15, 0.2) is 5.03 Å². The predicted molar refractivity (Wildman–Crippen MR) is 76.1 cm³/mol. The normalized spacial score (nSPS) is 10.2. The Hall–Kier alpha value is -1.93. The van der Waals surface area contributed by atoms with Gasteiger partial charge in [0.1, 0.15) is 0 Å². The fourth-order valence-corrected chi connectivity index (χ4v) is 2.56. The Labute approximate surface area is 126 Å². The van der Waals surface area contributed by atoms with Crippen molar-refractivity contribution in [2.75, 3.05) is 0 Å². The molecule has 0 saturated carbocycles. The Morgan fingerprint density at radius 1 is 1.35 bits per heavy atom. The van der Waals surface area contributed by atoms with Gasteiger partial charge in [-0.05, 0) is 40.2 Å². The number of aromatic carboxylic acids is 1. The molecular weight excluding hydrogens is 348 g/mol. The predicted octanol–water partition coefficient (Wildman–Crippen LogP) is 3.60. The van der Waals surface area contributed by atoms with E-state index in [-0.39, 0.29) is 16.3 Å². The van der Waals surface area contributed by atoms with Crippen molar-refractivity contribution in [1.82, 2.24) is 4.98 Å². The average molecular weight is 355 g/mol. The van der Waals surface area contributed by atoms with Crippen molar-refractivity contribution in [3.8, 4) is 0 Å². The average Bonchev–Trinajstić information content (AvgIpc) is 2.41. The van der Waals surface area contributed by atoms with E-state index in [4.69, 9.17) is 5.11 Å². The number of pyridine rings is 1. The summed E-state index contributed by atoms with van der Waals surface area (Å²) >= 11 is 4.24. The summed E-state index contributed by atoms with van der Waals surface area (Å²) in [7, 11) is 0. The number of hydrogen-bond donors (Lipinski definition) is 1. The molecule has 0 atom stereocenters. The summed E-state index contributed by atoms with van der Waals surface area (Å²) in [5.41, 5.74) is 0.0549. The Morgan fingerprint density at radius 2 is 2.00 bits per heavy atom. The number of carboxylic acids is 1. The Morgan fingerprint density at radius 3 is 2.55 bits per heavy atom. The Bertz CT molecular complexity index is 676. The number of nitro groups is 1. The van der Waals surface area contributed by atoms with Crippen molar-refractivity contribution in [3.63, 3.8) is 0 Å². The second kappa shape index (κ2) is 6.02. The van der Waals surface area contributed by atoms with Crippen LogP contribution in [-0.4, -0.2) is 21.0 Å². The number of benzene rings is 1. The minimum absolute atomic E-state index is 0.105. The van der Waals surface area contributed by atoms with Crippen LogP contribution in [0.25, 0.3) is 0 Å². The zero-order chi connectivity index (χ0) is 14.7. The lowest BCUT2D eigenvalue weighted by molar-refractivity contribution is -0.388. The minimum Gasteiger partial charge on any atom is -0.478 e. The van der Waals surface area contributed by atoms with Crippen molar-refractivity contribution < 1.29 is 14.8 Å². The highest BCUT2D eigenvalue weighted by molar-refractivity contribution is 9.10. The summed E-state index contributed by atoms with van der Waals surface area (Å²) < 4.78 is 0.523. The zero-order valence-corrected chi connectivity index (χ0v) is 12.2. The molecular formula is C12H7BrN2O4S. The summed E-state index contributed by atoms with van der Waals surface area (Å²) in [5.74, 6) is -1.02. The van der Waals surface area contributed by atoms with Gasteiger partial charge in [0.2, 0.25) is 0 Å². The maximum Gasteiger partial charge on any atom is 0.335 e. The summed E-state index contributed by atoms with van der Waals surface area (Å²) in [6, 6.07) is 7.43. The highest BCUT2D eigenvalue weighted by Crippen LogP contribution is 2.34. The van der Waals surface area contributed by atoms with Crippen LogP contribution in [0.2, 0.25) is 0 Å². The van der Waals surface area contributed by atoms with Gasteiger partial charge in [0.05, 0.1) is 10.5 Å². The summed E-state index contributed by atoms with van der Waals surface area (Å²) in [4.78, 5) is 25.9. The summed E-state index contributed by atoms with van der Waals surface area (Å²) in [6.07, 6.45) is 1.47. The molecule has 1 aromatic carbocycles. The second-order valence-electron chi connectivity index (χ2n) is 3.67. The molecule has 0 amide bonds. The van der Waals surface area contributed by atoms with E-state index in [1.54, 1.807) is 12.1 Å². The maximum absolute atomic E-state index is 11.0. The quantitative estimate of drug-likeness (QED) is 0.665. The molecule has 0 fully saturated rings. The van der Waals surface area contributed by atoms with Crippen LogP contribution in [0.3, 0.4) is 0 Å². The van der Waals surface area contributed by atoms with Crippen LogP contribution in [-0.2, 0) is 0 Å². The third-order valence-corrected chi connectivity index (χ3v) is 3.76. The van der Waals surface area contributed by atoms with Gasteiger partial charge >= 0.3 is 11.7 Å². The molecule has 0 saturated heterocycles. The van der Waals surface area contributed by atoms with Crippen molar-refractivity contribution in [3.05, 3.63) is 56.7 Å². The van der Waals surface area contributed by atoms with E-state index < -0.39 is 10.9 Å². The summed E-state index contributed by atoms with van der Waals surface area (Å²) in [6.45, 7) is 0. The smallest absolute Gasteiger partial charge is 0.335 e. The van der Waals surface area contributed by atoms with Crippen LogP contribution in [0.5, 0.6) is 0 Å². The third-order valence-electron chi connectivity index (χ3n) is 2.31. The number of halogens is 1. The minimum atomic E-state index is -1.02. The molecule has 102 valence electrons. The molecule has 2 aromatic rings. The first kappa shape index (κ1) is 14.5. The highest BCUT2D eigenvalue weighted by atomic mass is 79.9. The first-order valence-corrected chi connectivity index (χ1v) is 6.89. The number of rotatable bonds is 4. The van der Waals surface area contributed by atoms with Gasteiger partial charge in [-0.1, -0.05) is 11.8 Å². The fraction of sp³-hybridized carbons (Fsp3) is 0. The molecule has 0 aliphatic heterocycles. The van der Waals surface area contributed by atoms with Gasteiger partial charge in [-0.15, -0.1) is 0 Å². The van der Waals surface area contributed by atoms with E-state index in [0.29, 0.717) is 9.37 Å². The molecule has 2 rings (SSSR count). The molecule has 20 heavy (non-hydrogen) atoms. The second-order valence-corrected chi connectivity index (χ2v) is 5.64. The van der Waals surface area contributed by atoms with Gasteiger partial charge in [0.25, 0.3) is 0 Å². The Balaban J connectivity index is 2.30. The first-order chi connectivity index (χ1) is 9.47. The van der Waals surface area contributed by atoms with Crippen LogP contribution >= 0.6 is 27.7 Å².